The van der Waals surface area contributed by atoms with Gasteiger partial charge < -0.3 is 20.0 Å². The van der Waals surface area contributed by atoms with Crippen LogP contribution >= 0.6 is 0 Å². The molecule has 4 rings (SSSR count). The molecule has 0 radical (unpaired) electrons. The molecule has 0 aromatic heterocycles. The summed E-state index contributed by atoms with van der Waals surface area (Å²) < 4.78 is 0. The van der Waals surface area contributed by atoms with Crippen LogP contribution in [0, 0.1) is 0 Å². The van der Waals surface area contributed by atoms with Gasteiger partial charge in [-0.3, -0.25) is 24.2 Å². The fraction of sp³-hybridized carbons (Fsp3) is 0.625. The molecule has 0 aliphatic carbocycles. The van der Waals surface area contributed by atoms with E-state index in [4.69, 9.17) is 0 Å². The number of anilines is 2. The SMILES string of the molecule is CN1CCN(CCNC(=O)CN2C(=O)[C@H]3CCCCN3c3ccc(C(=O)N(C)C)cc32)CC1. The summed E-state index contributed by atoms with van der Waals surface area (Å²) in [4.78, 5) is 48.7. The van der Waals surface area contributed by atoms with Crippen molar-refractivity contribution >= 4 is 29.1 Å². The van der Waals surface area contributed by atoms with Crippen LogP contribution in [0.5, 0.6) is 0 Å². The third kappa shape index (κ3) is 5.14. The highest BCUT2D eigenvalue weighted by Gasteiger charge is 2.40. The maximum absolute atomic E-state index is 13.4. The average molecular weight is 457 g/mol. The molecule has 33 heavy (non-hydrogen) atoms. The van der Waals surface area contributed by atoms with Crippen LogP contribution in [0.1, 0.15) is 29.6 Å². The Balaban J connectivity index is 1.48. The molecule has 3 heterocycles. The molecule has 3 amide bonds. The number of nitrogens with one attached hydrogen (secondary N) is 1. The minimum absolute atomic E-state index is 0.0292. The minimum Gasteiger partial charge on any atom is -0.358 e. The maximum Gasteiger partial charge on any atom is 0.253 e. The lowest BCUT2D eigenvalue weighted by atomic mass is 9.95. The Labute approximate surface area is 196 Å². The van der Waals surface area contributed by atoms with Gasteiger partial charge in [0.1, 0.15) is 12.6 Å². The normalized spacial score (nSPS) is 21.4. The van der Waals surface area contributed by atoms with Gasteiger partial charge in [0.2, 0.25) is 11.8 Å². The number of fused-ring (bicyclic) bond motifs is 3. The highest BCUT2D eigenvalue weighted by molar-refractivity contribution is 6.09. The quantitative estimate of drug-likeness (QED) is 0.670. The molecule has 1 N–H and O–H groups in total. The molecule has 0 saturated carbocycles. The van der Waals surface area contributed by atoms with E-state index in [1.165, 1.54) is 4.90 Å². The summed E-state index contributed by atoms with van der Waals surface area (Å²) >= 11 is 0. The van der Waals surface area contributed by atoms with Gasteiger partial charge in [-0.05, 0) is 44.5 Å². The van der Waals surface area contributed by atoms with Crippen molar-refractivity contribution in [2.24, 2.45) is 0 Å². The fourth-order valence-electron chi connectivity index (χ4n) is 4.94. The predicted octanol–water partition coefficient (Wildman–Crippen LogP) is 0.458. The fourth-order valence-corrected chi connectivity index (χ4v) is 4.94. The van der Waals surface area contributed by atoms with E-state index >= 15 is 0 Å². The number of nitrogens with zero attached hydrogens (tertiary/aromatic N) is 5. The first kappa shape index (κ1) is 23.5. The lowest BCUT2D eigenvalue weighted by Crippen LogP contribution is -2.57. The van der Waals surface area contributed by atoms with Crippen molar-refractivity contribution < 1.29 is 14.4 Å². The second-order valence-electron chi connectivity index (χ2n) is 9.53. The van der Waals surface area contributed by atoms with E-state index < -0.39 is 0 Å². The average Bonchev–Trinajstić information content (AvgIpc) is 2.82. The molecular weight excluding hydrogens is 420 g/mol. The summed E-state index contributed by atoms with van der Waals surface area (Å²) in [6.45, 7) is 6.25. The van der Waals surface area contributed by atoms with Gasteiger partial charge in [-0.25, -0.2) is 0 Å². The van der Waals surface area contributed by atoms with Gasteiger partial charge in [-0.2, -0.15) is 0 Å². The van der Waals surface area contributed by atoms with E-state index in [0.29, 0.717) is 17.8 Å². The lowest BCUT2D eigenvalue weighted by Gasteiger charge is -2.45. The van der Waals surface area contributed by atoms with Crippen molar-refractivity contribution in [3.8, 4) is 0 Å². The smallest absolute Gasteiger partial charge is 0.253 e. The molecule has 0 unspecified atom stereocenters. The number of carbonyl (C=O) groups excluding carboxylic acids is 3. The molecule has 1 atom stereocenters. The number of piperidine rings is 1. The number of hydrogen-bond acceptors (Lipinski definition) is 6. The predicted molar refractivity (Wildman–Crippen MR) is 129 cm³/mol. The van der Waals surface area contributed by atoms with Crippen molar-refractivity contribution in [1.82, 2.24) is 20.0 Å². The molecule has 180 valence electrons. The van der Waals surface area contributed by atoms with Gasteiger partial charge in [-0.1, -0.05) is 0 Å². The third-order valence-corrected chi connectivity index (χ3v) is 6.93. The zero-order valence-electron chi connectivity index (χ0n) is 20.0. The van der Waals surface area contributed by atoms with E-state index in [9.17, 15) is 14.4 Å². The van der Waals surface area contributed by atoms with Crippen LogP contribution < -0.4 is 15.1 Å². The van der Waals surface area contributed by atoms with Crippen molar-refractivity contribution in [2.75, 3.05) is 83.3 Å². The second-order valence-corrected chi connectivity index (χ2v) is 9.53. The summed E-state index contributed by atoms with van der Waals surface area (Å²) in [6.07, 6.45) is 2.83. The van der Waals surface area contributed by atoms with Crippen molar-refractivity contribution in [1.29, 1.82) is 0 Å². The highest BCUT2D eigenvalue weighted by Crippen LogP contribution is 2.40. The number of likely N-dealkylation sites (N-methyl/N-ethyl adjacent to an activating group) is 1. The summed E-state index contributed by atoms with van der Waals surface area (Å²) in [6, 6.07) is 5.27. The van der Waals surface area contributed by atoms with E-state index in [1.807, 2.05) is 12.1 Å². The van der Waals surface area contributed by atoms with Crippen LogP contribution in [0.4, 0.5) is 11.4 Å². The monoisotopic (exact) mass is 456 g/mol. The van der Waals surface area contributed by atoms with Crippen LogP contribution in [-0.2, 0) is 9.59 Å². The summed E-state index contributed by atoms with van der Waals surface area (Å²) in [7, 11) is 5.54. The maximum atomic E-state index is 13.4. The van der Waals surface area contributed by atoms with Crippen LogP contribution in [-0.4, -0.2) is 112 Å². The van der Waals surface area contributed by atoms with Gasteiger partial charge in [0.25, 0.3) is 5.91 Å². The first-order chi connectivity index (χ1) is 15.8. The van der Waals surface area contributed by atoms with Crippen LogP contribution in [0.15, 0.2) is 18.2 Å². The molecule has 2 fully saturated rings. The zero-order chi connectivity index (χ0) is 23.5. The number of rotatable bonds is 6. The van der Waals surface area contributed by atoms with E-state index in [-0.39, 0.29) is 30.3 Å². The molecule has 2 saturated heterocycles. The Morgan fingerprint density at radius 3 is 2.55 bits per heavy atom. The van der Waals surface area contributed by atoms with Crippen LogP contribution in [0.2, 0.25) is 0 Å². The van der Waals surface area contributed by atoms with Gasteiger partial charge in [0.15, 0.2) is 0 Å². The van der Waals surface area contributed by atoms with Crippen molar-refractivity contribution in [3.05, 3.63) is 23.8 Å². The van der Waals surface area contributed by atoms with Gasteiger partial charge >= 0.3 is 0 Å². The second kappa shape index (κ2) is 10.1. The molecule has 9 nitrogen and oxygen atoms in total. The Kier molecular flexibility index (Phi) is 7.19. The van der Waals surface area contributed by atoms with Crippen LogP contribution in [0.25, 0.3) is 0 Å². The zero-order valence-corrected chi connectivity index (χ0v) is 20.0. The molecule has 0 bridgehead atoms. The number of carbonyl (C=O) groups is 3. The molecule has 1 aromatic carbocycles. The number of amides is 3. The van der Waals surface area contributed by atoms with Gasteiger partial charge in [0, 0.05) is 65.5 Å². The molecular formula is C24H36N6O3. The lowest BCUT2D eigenvalue weighted by molar-refractivity contribution is -0.125. The molecule has 9 heteroatoms. The van der Waals surface area contributed by atoms with E-state index in [0.717, 1.165) is 64.2 Å². The number of hydrogen-bond donors (Lipinski definition) is 1. The Bertz CT molecular complexity index is 896. The minimum atomic E-state index is -0.236. The first-order valence-electron chi connectivity index (χ1n) is 12.0. The number of piperazine rings is 1. The van der Waals surface area contributed by atoms with Crippen molar-refractivity contribution in [2.45, 2.75) is 25.3 Å². The summed E-state index contributed by atoms with van der Waals surface area (Å²) in [5.74, 6) is -0.342. The number of benzene rings is 1. The standard InChI is InChI=1S/C24H36N6O3/c1-26(2)23(32)18-7-8-19-21(16-18)30(24(33)20-6-4-5-10-29(19)20)17-22(31)25-9-11-28-14-12-27(3)13-15-28/h7-8,16,20H,4-6,9-15,17H2,1-3H3,(H,25,31)/t20-/m1/s1. The summed E-state index contributed by atoms with van der Waals surface area (Å²) in [5, 5.41) is 2.99. The first-order valence-corrected chi connectivity index (χ1v) is 12.0. The van der Waals surface area contributed by atoms with Crippen LogP contribution in [0.3, 0.4) is 0 Å². The van der Waals surface area contributed by atoms with Gasteiger partial charge in [0.05, 0.1) is 11.4 Å². The Hall–Kier alpha value is -2.65. The van der Waals surface area contributed by atoms with Gasteiger partial charge in [-0.15, -0.1) is 0 Å². The van der Waals surface area contributed by atoms with Crippen molar-refractivity contribution in [3.63, 3.8) is 0 Å². The molecule has 3 aliphatic rings. The van der Waals surface area contributed by atoms with E-state index in [1.54, 1.807) is 25.1 Å². The Morgan fingerprint density at radius 2 is 1.82 bits per heavy atom. The molecule has 0 spiro atoms. The Morgan fingerprint density at radius 1 is 1.06 bits per heavy atom. The third-order valence-electron chi connectivity index (χ3n) is 6.93. The van der Waals surface area contributed by atoms with E-state index in [2.05, 4.69) is 27.1 Å². The summed E-state index contributed by atoms with van der Waals surface area (Å²) in [5.41, 5.74) is 2.10. The molecule has 1 aromatic rings. The topological polar surface area (TPSA) is 79.4 Å². The molecule has 3 aliphatic heterocycles. The largest absolute Gasteiger partial charge is 0.358 e. The highest BCUT2D eigenvalue weighted by atomic mass is 16.2.